The normalized spacial score (nSPS) is 13.4. The number of aryl methyl sites for hydroxylation is 1. The Kier molecular flexibility index (Phi) is 3.76. The van der Waals surface area contributed by atoms with Gasteiger partial charge in [-0.2, -0.15) is 5.10 Å². The fourth-order valence-corrected chi connectivity index (χ4v) is 2.18. The van der Waals surface area contributed by atoms with Crippen LogP contribution < -0.4 is 5.56 Å². The van der Waals surface area contributed by atoms with Crippen molar-refractivity contribution >= 4 is 0 Å². The van der Waals surface area contributed by atoms with E-state index in [1.54, 1.807) is 18.0 Å². The average Bonchev–Trinajstić information content (AvgIpc) is 2.74. The molecule has 0 bridgehead atoms. The molecule has 0 aromatic carbocycles. The minimum atomic E-state index is -0.285. The SMILES string of the molecule is COC(c1nc(-c2cnn(C)c2)cc(=O)[nH]1)C(C)(C)C. The van der Waals surface area contributed by atoms with Crippen LogP contribution in [0, 0.1) is 5.41 Å². The Hall–Kier alpha value is -1.95. The number of aromatic nitrogens is 4. The topological polar surface area (TPSA) is 72.8 Å². The van der Waals surface area contributed by atoms with Gasteiger partial charge in [0.15, 0.2) is 0 Å². The van der Waals surface area contributed by atoms with Crippen molar-refractivity contribution in [1.82, 2.24) is 19.7 Å². The summed E-state index contributed by atoms with van der Waals surface area (Å²) in [5.41, 5.74) is 1.05. The molecule has 6 nitrogen and oxygen atoms in total. The third-order valence-electron chi connectivity index (χ3n) is 3.03. The van der Waals surface area contributed by atoms with E-state index in [0.29, 0.717) is 11.5 Å². The summed E-state index contributed by atoms with van der Waals surface area (Å²) in [6.07, 6.45) is 3.22. The summed E-state index contributed by atoms with van der Waals surface area (Å²) in [6.45, 7) is 6.12. The Morgan fingerprint density at radius 2 is 2.10 bits per heavy atom. The Labute approximate surface area is 117 Å². The van der Waals surface area contributed by atoms with Gasteiger partial charge in [0.2, 0.25) is 0 Å². The van der Waals surface area contributed by atoms with Gasteiger partial charge >= 0.3 is 0 Å². The first-order chi connectivity index (χ1) is 9.31. The van der Waals surface area contributed by atoms with Crippen LogP contribution in [0.25, 0.3) is 11.3 Å². The Balaban J connectivity index is 2.51. The minimum Gasteiger partial charge on any atom is -0.373 e. The van der Waals surface area contributed by atoms with E-state index >= 15 is 0 Å². The summed E-state index contributed by atoms with van der Waals surface area (Å²) in [4.78, 5) is 19.1. The van der Waals surface area contributed by atoms with E-state index in [4.69, 9.17) is 4.74 Å². The van der Waals surface area contributed by atoms with Gasteiger partial charge in [0.25, 0.3) is 5.56 Å². The lowest BCUT2D eigenvalue weighted by molar-refractivity contribution is 0.00857. The van der Waals surface area contributed by atoms with Crippen LogP contribution in [-0.4, -0.2) is 26.9 Å². The first-order valence-corrected chi connectivity index (χ1v) is 6.44. The van der Waals surface area contributed by atoms with Crippen LogP contribution in [-0.2, 0) is 11.8 Å². The molecule has 20 heavy (non-hydrogen) atoms. The fourth-order valence-electron chi connectivity index (χ4n) is 2.18. The monoisotopic (exact) mass is 276 g/mol. The van der Waals surface area contributed by atoms with Crippen molar-refractivity contribution in [1.29, 1.82) is 0 Å². The van der Waals surface area contributed by atoms with Crippen molar-refractivity contribution in [2.24, 2.45) is 12.5 Å². The van der Waals surface area contributed by atoms with E-state index in [1.807, 2.05) is 34.0 Å². The average molecular weight is 276 g/mol. The molecule has 0 amide bonds. The lowest BCUT2D eigenvalue weighted by Gasteiger charge is -2.28. The summed E-state index contributed by atoms with van der Waals surface area (Å²) in [6, 6.07) is 1.47. The highest BCUT2D eigenvalue weighted by Crippen LogP contribution is 2.33. The molecule has 1 N–H and O–H groups in total. The van der Waals surface area contributed by atoms with Crippen LogP contribution in [0.5, 0.6) is 0 Å². The van der Waals surface area contributed by atoms with E-state index in [2.05, 4.69) is 15.1 Å². The largest absolute Gasteiger partial charge is 0.373 e. The van der Waals surface area contributed by atoms with Gasteiger partial charge in [-0.3, -0.25) is 9.48 Å². The lowest BCUT2D eigenvalue weighted by Crippen LogP contribution is -2.25. The highest BCUT2D eigenvalue weighted by atomic mass is 16.5. The smallest absolute Gasteiger partial charge is 0.251 e. The number of aromatic amines is 1. The maximum Gasteiger partial charge on any atom is 0.251 e. The summed E-state index contributed by atoms with van der Waals surface area (Å²) in [5, 5.41) is 4.10. The van der Waals surface area contributed by atoms with Crippen LogP contribution in [0.4, 0.5) is 0 Å². The molecule has 0 saturated carbocycles. The van der Waals surface area contributed by atoms with Crippen molar-refractivity contribution in [2.75, 3.05) is 7.11 Å². The van der Waals surface area contributed by atoms with Crippen LogP contribution in [0.2, 0.25) is 0 Å². The summed E-state index contributed by atoms with van der Waals surface area (Å²) < 4.78 is 7.17. The third-order valence-corrected chi connectivity index (χ3v) is 3.03. The quantitative estimate of drug-likeness (QED) is 0.929. The first kappa shape index (κ1) is 14.5. The molecule has 1 atom stereocenters. The van der Waals surface area contributed by atoms with Gasteiger partial charge in [-0.25, -0.2) is 4.98 Å². The zero-order valence-corrected chi connectivity index (χ0v) is 12.5. The maximum atomic E-state index is 11.9. The number of ether oxygens (including phenoxy) is 1. The predicted molar refractivity (Wildman–Crippen MR) is 76.3 cm³/mol. The number of nitrogens with zero attached hydrogens (tertiary/aromatic N) is 3. The fraction of sp³-hybridized carbons (Fsp3) is 0.500. The molecule has 0 saturated heterocycles. The molecule has 0 aliphatic carbocycles. The highest BCUT2D eigenvalue weighted by Gasteiger charge is 2.28. The molecule has 0 spiro atoms. The molecule has 0 aliphatic rings. The number of rotatable bonds is 3. The molecule has 0 radical (unpaired) electrons. The molecule has 6 heteroatoms. The predicted octanol–water partition coefficient (Wildman–Crippen LogP) is 1.90. The van der Waals surface area contributed by atoms with Gasteiger partial charge in [0, 0.05) is 32.0 Å². The Morgan fingerprint density at radius 3 is 2.60 bits per heavy atom. The van der Waals surface area contributed by atoms with E-state index < -0.39 is 0 Å². The minimum absolute atomic E-state index is 0.168. The summed E-state index contributed by atoms with van der Waals surface area (Å²) in [7, 11) is 3.44. The van der Waals surface area contributed by atoms with E-state index in [0.717, 1.165) is 5.56 Å². The molecule has 2 aromatic rings. The Morgan fingerprint density at radius 1 is 1.40 bits per heavy atom. The van der Waals surface area contributed by atoms with Crippen molar-refractivity contribution in [2.45, 2.75) is 26.9 Å². The number of hydrogen-bond donors (Lipinski definition) is 1. The van der Waals surface area contributed by atoms with Crippen molar-refractivity contribution in [3.63, 3.8) is 0 Å². The van der Waals surface area contributed by atoms with Crippen LogP contribution in [0.15, 0.2) is 23.3 Å². The zero-order chi connectivity index (χ0) is 14.9. The Bertz CT molecular complexity index is 652. The van der Waals surface area contributed by atoms with E-state index in [9.17, 15) is 4.79 Å². The molecule has 0 fully saturated rings. The third kappa shape index (κ3) is 2.96. The second-order valence-electron chi connectivity index (χ2n) is 5.90. The maximum absolute atomic E-state index is 11.9. The first-order valence-electron chi connectivity index (χ1n) is 6.44. The van der Waals surface area contributed by atoms with E-state index in [1.165, 1.54) is 6.07 Å². The molecule has 2 heterocycles. The zero-order valence-electron chi connectivity index (χ0n) is 12.5. The van der Waals surface area contributed by atoms with Gasteiger partial charge in [0.1, 0.15) is 11.9 Å². The number of methoxy groups -OCH3 is 1. The van der Waals surface area contributed by atoms with Gasteiger partial charge < -0.3 is 9.72 Å². The van der Waals surface area contributed by atoms with Gasteiger partial charge in [-0.15, -0.1) is 0 Å². The number of hydrogen-bond acceptors (Lipinski definition) is 4. The van der Waals surface area contributed by atoms with Gasteiger partial charge in [-0.1, -0.05) is 20.8 Å². The van der Waals surface area contributed by atoms with E-state index in [-0.39, 0.29) is 17.1 Å². The number of nitrogens with one attached hydrogen (secondary N) is 1. The molecule has 108 valence electrons. The van der Waals surface area contributed by atoms with Crippen molar-refractivity contribution < 1.29 is 4.74 Å². The summed E-state index contributed by atoms with van der Waals surface area (Å²) in [5.74, 6) is 0.534. The molecule has 0 aliphatic heterocycles. The molecular weight excluding hydrogens is 256 g/mol. The molecule has 2 aromatic heterocycles. The van der Waals surface area contributed by atoms with Gasteiger partial charge in [0.05, 0.1) is 11.9 Å². The van der Waals surface area contributed by atoms with Crippen LogP contribution in [0.1, 0.15) is 32.7 Å². The lowest BCUT2D eigenvalue weighted by atomic mass is 9.88. The van der Waals surface area contributed by atoms with Crippen LogP contribution in [0.3, 0.4) is 0 Å². The second kappa shape index (κ2) is 5.20. The molecule has 1 unspecified atom stereocenters. The highest BCUT2D eigenvalue weighted by molar-refractivity contribution is 5.56. The molecule has 2 rings (SSSR count). The number of H-pyrrole nitrogens is 1. The van der Waals surface area contributed by atoms with Crippen molar-refractivity contribution in [3.05, 3.63) is 34.6 Å². The second-order valence-corrected chi connectivity index (χ2v) is 5.90. The molecular formula is C14H20N4O2. The van der Waals surface area contributed by atoms with Gasteiger partial charge in [-0.05, 0) is 5.41 Å². The standard InChI is InChI=1S/C14H20N4O2/c1-14(2,3)12(20-5)13-16-10(6-11(19)17-13)9-7-15-18(4)8-9/h6-8,12H,1-5H3,(H,16,17,19). The van der Waals surface area contributed by atoms with Crippen molar-refractivity contribution in [3.8, 4) is 11.3 Å². The summed E-state index contributed by atoms with van der Waals surface area (Å²) >= 11 is 0. The van der Waals surface area contributed by atoms with Crippen LogP contribution >= 0.6 is 0 Å².